The molecule has 6 nitrogen and oxygen atoms in total. The summed E-state index contributed by atoms with van der Waals surface area (Å²) in [5.74, 6) is -1.36. The fourth-order valence-corrected chi connectivity index (χ4v) is 1.19. The third kappa shape index (κ3) is 4.54. The van der Waals surface area contributed by atoms with Crippen LogP contribution in [0.3, 0.4) is 0 Å². The lowest BCUT2D eigenvalue weighted by Crippen LogP contribution is -2.42. The van der Waals surface area contributed by atoms with E-state index in [1.54, 1.807) is 0 Å². The Labute approximate surface area is 99.5 Å². The van der Waals surface area contributed by atoms with Crippen molar-refractivity contribution in [2.75, 3.05) is 13.2 Å². The molecule has 0 aromatic carbocycles. The Hall–Kier alpha value is -1.40. The Balaban J connectivity index is 2.27. The Morgan fingerprint density at radius 2 is 2.12 bits per heavy atom. The molecule has 0 saturated carbocycles. The summed E-state index contributed by atoms with van der Waals surface area (Å²) in [5.41, 5.74) is 0. The molecule has 0 aliphatic carbocycles. The van der Waals surface area contributed by atoms with Crippen molar-refractivity contribution in [1.82, 2.24) is 0 Å². The zero-order valence-electron chi connectivity index (χ0n) is 9.88. The summed E-state index contributed by atoms with van der Waals surface area (Å²) in [6.07, 6.45) is 0.0222. The monoisotopic (exact) mass is 244 g/mol. The fraction of sp³-hybridized carbons (Fsp3) is 0.636. The molecule has 1 aliphatic rings. The molecule has 0 spiro atoms. The van der Waals surface area contributed by atoms with Crippen LogP contribution in [0.4, 0.5) is 0 Å². The normalized spacial score (nSPS) is 28.2. The number of esters is 2. The fourth-order valence-electron chi connectivity index (χ4n) is 1.19. The SMILES string of the molecule is C=CC(=O)OCC(=O)OC1COC(C)C(C)O1. The van der Waals surface area contributed by atoms with Crippen molar-refractivity contribution in [2.24, 2.45) is 0 Å². The van der Waals surface area contributed by atoms with Crippen LogP contribution in [0.5, 0.6) is 0 Å². The molecule has 0 N–H and O–H groups in total. The Morgan fingerprint density at radius 1 is 1.41 bits per heavy atom. The molecule has 17 heavy (non-hydrogen) atoms. The molecular weight excluding hydrogens is 228 g/mol. The van der Waals surface area contributed by atoms with Crippen LogP contribution in [0, 0.1) is 0 Å². The van der Waals surface area contributed by atoms with Gasteiger partial charge in [-0.15, -0.1) is 0 Å². The average Bonchev–Trinajstić information content (AvgIpc) is 2.31. The molecule has 0 radical (unpaired) electrons. The molecule has 96 valence electrons. The summed E-state index contributed by atoms with van der Waals surface area (Å²) in [6.45, 7) is 6.60. The third-order valence-corrected chi connectivity index (χ3v) is 2.28. The van der Waals surface area contributed by atoms with E-state index < -0.39 is 24.8 Å². The summed E-state index contributed by atoms with van der Waals surface area (Å²) in [5, 5.41) is 0. The topological polar surface area (TPSA) is 71.1 Å². The van der Waals surface area contributed by atoms with Gasteiger partial charge < -0.3 is 18.9 Å². The Bertz CT molecular complexity index is 300. The lowest BCUT2D eigenvalue weighted by atomic mass is 10.2. The second kappa shape index (κ2) is 6.36. The summed E-state index contributed by atoms with van der Waals surface area (Å²) in [4.78, 5) is 22.0. The molecule has 0 aromatic rings. The van der Waals surface area contributed by atoms with Crippen LogP contribution < -0.4 is 0 Å². The van der Waals surface area contributed by atoms with Crippen LogP contribution in [-0.4, -0.2) is 43.7 Å². The Morgan fingerprint density at radius 3 is 2.71 bits per heavy atom. The number of ether oxygens (including phenoxy) is 4. The van der Waals surface area contributed by atoms with Gasteiger partial charge in [0.1, 0.15) is 6.61 Å². The van der Waals surface area contributed by atoms with Gasteiger partial charge in [0.15, 0.2) is 6.61 Å². The van der Waals surface area contributed by atoms with Gasteiger partial charge >= 0.3 is 11.9 Å². The largest absolute Gasteiger partial charge is 0.451 e. The molecule has 3 unspecified atom stereocenters. The number of hydrogen-bond acceptors (Lipinski definition) is 6. The van der Waals surface area contributed by atoms with E-state index in [0.29, 0.717) is 0 Å². The van der Waals surface area contributed by atoms with E-state index in [9.17, 15) is 9.59 Å². The van der Waals surface area contributed by atoms with Crippen LogP contribution in [0.1, 0.15) is 13.8 Å². The van der Waals surface area contributed by atoms with Crippen molar-refractivity contribution in [3.8, 4) is 0 Å². The van der Waals surface area contributed by atoms with E-state index >= 15 is 0 Å². The quantitative estimate of drug-likeness (QED) is 0.527. The minimum absolute atomic E-state index is 0.0384. The van der Waals surface area contributed by atoms with Gasteiger partial charge in [-0.1, -0.05) is 6.58 Å². The zero-order chi connectivity index (χ0) is 12.8. The van der Waals surface area contributed by atoms with Crippen LogP contribution in [0.25, 0.3) is 0 Å². The molecular formula is C11H16O6. The molecule has 3 atom stereocenters. The third-order valence-electron chi connectivity index (χ3n) is 2.28. The minimum Gasteiger partial charge on any atom is -0.451 e. The summed E-state index contributed by atoms with van der Waals surface area (Å²) in [7, 11) is 0. The van der Waals surface area contributed by atoms with Crippen molar-refractivity contribution >= 4 is 11.9 Å². The number of carbonyl (C=O) groups is 2. The zero-order valence-corrected chi connectivity index (χ0v) is 9.88. The Kier molecular flexibility index (Phi) is 5.11. The first-order valence-corrected chi connectivity index (χ1v) is 5.28. The molecule has 1 aliphatic heterocycles. The van der Waals surface area contributed by atoms with Crippen LogP contribution in [-0.2, 0) is 28.5 Å². The van der Waals surface area contributed by atoms with E-state index in [0.717, 1.165) is 6.08 Å². The van der Waals surface area contributed by atoms with Crippen molar-refractivity contribution < 1.29 is 28.5 Å². The van der Waals surface area contributed by atoms with Crippen molar-refractivity contribution in [3.63, 3.8) is 0 Å². The van der Waals surface area contributed by atoms with E-state index in [-0.39, 0.29) is 18.8 Å². The van der Waals surface area contributed by atoms with Gasteiger partial charge in [0.25, 0.3) is 0 Å². The first kappa shape index (κ1) is 13.7. The lowest BCUT2D eigenvalue weighted by Gasteiger charge is -2.32. The average molecular weight is 244 g/mol. The standard InChI is InChI=1S/C11H16O6/c1-4-9(12)15-5-10(13)17-11-6-14-7(2)8(3)16-11/h4,7-8,11H,1,5-6H2,2-3H3. The summed E-state index contributed by atoms with van der Waals surface area (Å²) < 4.78 is 20.1. The molecule has 1 rings (SSSR count). The first-order valence-electron chi connectivity index (χ1n) is 5.28. The second-order valence-electron chi connectivity index (χ2n) is 3.61. The summed E-state index contributed by atoms with van der Waals surface area (Å²) in [6, 6.07) is 0. The summed E-state index contributed by atoms with van der Waals surface area (Å²) >= 11 is 0. The molecule has 0 bridgehead atoms. The highest BCUT2D eigenvalue weighted by molar-refractivity contribution is 5.83. The first-order chi connectivity index (χ1) is 8.02. The molecule has 1 heterocycles. The van der Waals surface area contributed by atoms with Crippen molar-refractivity contribution in [1.29, 1.82) is 0 Å². The van der Waals surface area contributed by atoms with Crippen molar-refractivity contribution in [2.45, 2.75) is 32.3 Å². The molecule has 6 heteroatoms. The molecule has 0 amide bonds. The van der Waals surface area contributed by atoms with Gasteiger partial charge in [-0.25, -0.2) is 9.59 Å². The van der Waals surface area contributed by atoms with Crippen LogP contribution in [0.15, 0.2) is 12.7 Å². The molecule has 0 aromatic heterocycles. The van der Waals surface area contributed by atoms with Gasteiger partial charge in [-0.3, -0.25) is 0 Å². The van der Waals surface area contributed by atoms with Gasteiger partial charge in [0, 0.05) is 6.08 Å². The highest BCUT2D eigenvalue weighted by atomic mass is 16.7. The maximum Gasteiger partial charge on any atom is 0.346 e. The highest BCUT2D eigenvalue weighted by Gasteiger charge is 2.28. The number of carbonyl (C=O) groups excluding carboxylic acids is 2. The van der Waals surface area contributed by atoms with Gasteiger partial charge in [-0.2, -0.15) is 0 Å². The van der Waals surface area contributed by atoms with Gasteiger partial charge in [0.2, 0.25) is 6.29 Å². The van der Waals surface area contributed by atoms with Crippen LogP contribution in [0.2, 0.25) is 0 Å². The second-order valence-corrected chi connectivity index (χ2v) is 3.61. The van der Waals surface area contributed by atoms with E-state index in [1.165, 1.54) is 0 Å². The van der Waals surface area contributed by atoms with E-state index in [1.807, 2.05) is 13.8 Å². The smallest absolute Gasteiger partial charge is 0.346 e. The predicted octanol–water partition coefficient (Wildman–Crippen LogP) is 0.409. The maximum atomic E-state index is 11.3. The number of rotatable bonds is 4. The van der Waals surface area contributed by atoms with E-state index in [4.69, 9.17) is 14.2 Å². The minimum atomic E-state index is -0.754. The maximum absolute atomic E-state index is 11.3. The molecule has 1 saturated heterocycles. The van der Waals surface area contributed by atoms with E-state index in [2.05, 4.69) is 11.3 Å². The van der Waals surface area contributed by atoms with Crippen molar-refractivity contribution in [3.05, 3.63) is 12.7 Å². The predicted molar refractivity (Wildman–Crippen MR) is 57.0 cm³/mol. The lowest BCUT2D eigenvalue weighted by molar-refractivity contribution is -0.254. The highest BCUT2D eigenvalue weighted by Crippen LogP contribution is 2.14. The molecule has 1 fully saturated rings. The van der Waals surface area contributed by atoms with Gasteiger partial charge in [-0.05, 0) is 13.8 Å². The van der Waals surface area contributed by atoms with Gasteiger partial charge in [0.05, 0.1) is 12.2 Å². The van der Waals surface area contributed by atoms with Crippen LogP contribution >= 0.6 is 0 Å². The number of hydrogen-bond donors (Lipinski definition) is 0.